The van der Waals surface area contributed by atoms with Crippen LogP contribution in [0.1, 0.15) is 57.8 Å². The van der Waals surface area contributed by atoms with E-state index >= 15 is 0 Å². The van der Waals surface area contributed by atoms with E-state index in [4.69, 9.17) is 12.2 Å². The largest absolute Gasteiger partial charge is 0.332 e. The summed E-state index contributed by atoms with van der Waals surface area (Å²) >= 11 is 5.21. The second-order valence-corrected chi connectivity index (χ2v) is 10.0. The van der Waals surface area contributed by atoms with Crippen molar-refractivity contribution in [3.05, 3.63) is 24.3 Å². The molecular formula is C20H29N3O3S2. The summed E-state index contributed by atoms with van der Waals surface area (Å²) in [4.78, 5) is 12.4. The van der Waals surface area contributed by atoms with Crippen molar-refractivity contribution in [1.82, 2.24) is 9.62 Å². The maximum atomic E-state index is 12.5. The molecule has 154 valence electrons. The minimum atomic E-state index is -3.42. The van der Waals surface area contributed by atoms with Crippen LogP contribution in [0.3, 0.4) is 0 Å². The summed E-state index contributed by atoms with van der Waals surface area (Å²) in [6.45, 7) is 1.17. The molecule has 2 N–H and O–H groups in total. The zero-order valence-corrected chi connectivity index (χ0v) is 17.8. The van der Waals surface area contributed by atoms with E-state index in [1.54, 1.807) is 24.3 Å². The number of hydrogen-bond donors (Lipinski definition) is 2. The van der Waals surface area contributed by atoms with Crippen LogP contribution in [0.5, 0.6) is 0 Å². The highest BCUT2D eigenvalue weighted by molar-refractivity contribution is 7.89. The SMILES string of the molecule is O=C(CCC1CCCCC1)NC(=S)Nc1ccc(S(=O)(=O)N2CCCC2)cc1. The van der Waals surface area contributed by atoms with Gasteiger partial charge in [0.2, 0.25) is 15.9 Å². The van der Waals surface area contributed by atoms with Crippen LogP contribution >= 0.6 is 12.2 Å². The Kier molecular flexibility index (Phi) is 7.42. The Bertz CT molecular complexity index is 781. The third-order valence-electron chi connectivity index (χ3n) is 5.57. The highest BCUT2D eigenvalue weighted by Crippen LogP contribution is 2.27. The molecule has 1 aromatic carbocycles. The molecule has 1 aliphatic carbocycles. The lowest BCUT2D eigenvalue weighted by Crippen LogP contribution is -2.34. The first-order chi connectivity index (χ1) is 13.4. The molecule has 6 nitrogen and oxygen atoms in total. The zero-order chi connectivity index (χ0) is 20.0. The van der Waals surface area contributed by atoms with Gasteiger partial charge in [-0.15, -0.1) is 0 Å². The minimum absolute atomic E-state index is 0.0729. The Morgan fingerprint density at radius 1 is 1.04 bits per heavy atom. The van der Waals surface area contributed by atoms with E-state index in [1.807, 2.05) is 0 Å². The minimum Gasteiger partial charge on any atom is -0.332 e. The number of hydrogen-bond acceptors (Lipinski definition) is 4. The van der Waals surface area contributed by atoms with Gasteiger partial charge in [-0.3, -0.25) is 4.79 Å². The van der Waals surface area contributed by atoms with Crippen LogP contribution < -0.4 is 10.6 Å². The van der Waals surface area contributed by atoms with E-state index < -0.39 is 10.0 Å². The van der Waals surface area contributed by atoms with Crippen molar-refractivity contribution in [1.29, 1.82) is 0 Å². The average molecular weight is 424 g/mol. The number of anilines is 1. The third kappa shape index (κ3) is 5.75. The summed E-state index contributed by atoms with van der Waals surface area (Å²) in [7, 11) is -3.42. The Morgan fingerprint density at radius 2 is 1.68 bits per heavy atom. The first-order valence-corrected chi connectivity index (χ1v) is 12.0. The van der Waals surface area contributed by atoms with Gasteiger partial charge >= 0.3 is 0 Å². The van der Waals surface area contributed by atoms with Gasteiger partial charge in [0, 0.05) is 25.2 Å². The van der Waals surface area contributed by atoms with Gasteiger partial charge in [-0.25, -0.2) is 8.42 Å². The fourth-order valence-electron chi connectivity index (χ4n) is 3.95. The summed E-state index contributed by atoms with van der Waals surface area (Å²) in [5.41, 5.74) is 0.651. The Morgan fingerprint density at radius 3 is 2.32 bits per heavy atom. The van der Waals surface area contributed by atoms with Gasteiger partial charge in [0.05, 0.1) is 4.90 Å². The quantitative estimate of drug-likeness (QED) is 0.683. The molecule has 8 heteroatoms. The highest BCUT2D eigenvalue weighted by atomic mass is 32.2. The number of rotatable bonds is 6. The topological polar surface area (TPSA) is 78.5 Å². The number of thiocarbonyl (C=S) groups is 1. The predicted molar refractivity (Wildman–Crippen MR) is 115 cm³/mol. The van der Waals surface area contributed by atoms with Crippen molar-refractivity contribution in [3.63, 3.8) is 0 Å². The summed E-state index contributed by atoms with van der Waals surface area (Å²) in [5, 5.41) is 5.90. The number of sulfonamides is 1. The van der Waals surface area contributed by atoms with Crippen LogP contribution in [0.4, 0.5) is 5.69 Å². The smallest absolute Gasteiger partial charge is 0.243 e. The second kappa shape index (κ2) is 9.80. The van der Waals surface area contributed by atoms with E-state index in [1.165, 1.54) is 36.4 Å². The summed E-state index contributed by atoms with van der Waals surface area (Å²) in [6, 6.07) is 6.49. The molecule has 0 atom stereocenters. The van der Waals surface area contributed by atoms with Gasteiger partial charge in [0.25, 0.3) is 0 Å². The molecule has 3 rings (SSSR count). The van der Waals surface area contributed by atoms with Crippen molar-refractivity contribution >= 4 is 38.9 Å². The van der Waals surface area contributed by atoms with Crippen molar-refractivity contribution in [2.24, 2.45) is 5.92 Å². The van der Waals surface area contributed by atoms with Crippen LogP contribution in [-0.2, 0) is 14.8 Å². The Hall–Kier alpha value is -1.51. The van der Waals surface area contributed by atoms with Gasteiger partial charge < -0.3 is 10.6 Å². The number of amides is 1. The standard InChI is InChI=1S/C20H29N3O3S2/c24-19(13-8-16-6-2-1-3-7-16)22-20(27)21-17-9-11-18(12-10-17)28(25,26)23-14-4-5-15-23/h9-12,16H,1-8,13-15H2,(H2,21,22,24,27). The normalized spacial score (nSPS) is 18.7. The number of nitrogens with one attached hydrogen (secondary N) is 2. The van der Waals surface area contributed by atoms with Gasteiger partial charge in [-0.05, 0) is 61.7 Å². The molecule has 1 saturated carbocycles. The summed E-state index contributed by atoms with van der Waals surface area (Å²) in [5.74, 6) is 0.586. The molecule has 1 saturated heterocycles. The molecule has 2 fully saturated rings. The monoisotopic (exact) mass is 423 g/mol. The zero-order valence-electron chi connectivity index (χ0n) is 16.2. The molecule has 1 aromatic rings. The Labute approximate surface area is 173 Å². The van der Waals surface area contributed by atoms with E-state index in [0.717, 1.165) is 19.3 Å². The maximum Gasteiger partial charge on any atom is 0.243 e. The van der Waals surface area contributed by atoms with E-state index in [2.05, 4.69) is 10.6 Å². The van der Waals surface area contributed by atoms with E-state index in [-0.39, 0.29) is 15.9 Å². The molecule has 1 amide bonds. The van der Waals surface area contributed by atoms with E-state index in [9.17, 15) is 13.2 Å². The molecule has 0 unspecified atom stereocenters. The molecule has 0 spiro atoms. The first kappa shape index (κ1) is 21.2. The number of benzene rings is 1. The number of nitrogens with zero attached hydrogens (tertiary/aromatic N) is 1. The molecule has 1 heterocycles. The van der Waals surface area contributed by atoms with Crippen molar-refractivity contribution in [2.75, 3.05) is 18.4 Å². The lowest BCUT2D eigenvalue weighted by atomic mass is 9.86. The van der Waals surface area contributed by atoms with Crippen molar-refractivity contribution in [3.8, 4) is 0 Å². The summed E-state index contributed by atoms with van der Waals surface area (Å²) in [6.07, 6.45) is 9.53. The number of carbonyl (C=O) groups is 1. The maximum absolute atomic E-state index is 12.5. The average Bonchev–Trinajstić information content (AvgIpc) is 3.23. The molecular weight excluding hydrogens is 394 g/mol. The van der Waals surface area contributed by atoms with Gasteiger partial charge in [-0.1, -0.05) is 32.1 Å². The molecule has 1 aliphatic heterocycles. The molecule has 0 aromatic heterocycles. The lowest BCUT2D eigenvalue weighted by molar-refractivity contribution is -0.120. The van der Waals surface area contributed by atoms with Gasteiger partial charge in [0.15, 0.2) is 5.11 Å². The van der Waals surface area contributed by atoms with E-state index in [0.29, 0.717) is 31.1 Å². The fourth-order valence-corrected chi connectivity index (χ4v) is 5.70. The molecule has 2 aliphatic rings. The Balaban J connectivity index is 1.46. The summed E-state index contributed by atoms with van der Waals surface area (Å²) < 4.78 is 26.6. The van der Waals surface area contributed by atoms with Crippen LogP contribution in [-0.4, -0.2) is 36.8 Å². The first-order valence-electron chi connectivity index (χ1n) is 10.2. The van der Waals surface area contributed by atoms with Crippen LogP contribution in [0.2, 0.25) is 0 Å². The molecule has 0 bridgehead atoms. The highest BCUT2D eigenvalue weighted by Gasteiger charge is 2.26. The second-order valence-electron chi connectivity index (χ2n) is 7.68. The van der Waals surface area contributed by atoms with Gasteiger partial charge in [-0.2, -0.15) is 4.31 Å². The van der Waals surface area contributed by atoms with Crippen molar-refractivity contribution < 1.29 is 13.2 Å². The number of carbonyl (C=O) groups excluding carboxylic acids is 1. The van der Waals surface area contributed by atoms with Gasteiger partial charge in [0.1, 0.15) is 0 Å². The molecule has 0 radical (unpaired) electrons. The van der Waals surface area contributed by atoms with Crippen LogP contribution in [0.15, 0.2) is 29.2 Å². The van der Waals surface area contributed by atoms with Crippen LogP contribution in [0, 0.1) is 5.92 Å². The third-order valence-corrected chi connectivity index (χ3v) is 7.69. The predicted octanol–water partition coefficient (Wildman–Crippen LogP) is 3.64. The van der Waals surface area contributed by atoms with Crippen molar-refractivity contribution in [2.45, 2.75) is 62.7 Å². The van der Waals surface area contributed by atoms with Crippen LogP contribution in [0.25, 0.3) is 0 Å². The molecule has 28 heavy (non-hydrogen) atoms. The fraction of sp³-hybridized carbons (Fsp3) is 0.600. The lowest BCUT2D eigenvalue weighted by Gasteiger charge is -2.21.